The maximum absolute atomic E-state index is 15.4. The third kappa shape index (κ3) is 9.81. The molecule has 0 radical (unpaired) electrons. The van der Waals surface area contributed by atoms with Gasteiger partial charge in [0.05, 0.1) is 77.0 Å². The first-order valence-electron chi connectivity index (χ1n) is 29.0. The molecular formula is C58H77N9O10S2. The fraction of sp³-hybridized carbons (Fsp3) is 0.672. The monoisotopic (exact) mass is 1120 g/mol. The Bertz CT molecular complexity index is 3120. The summed E-state index contributed by atoms with van der Waals surface area (Å²) in [5, 5.41) is 8.24. The maximum Gasteiger partial charge on any atom is 0.324 e. The number of hydrogen-bond donors (Lipinski definition) is 2. The van der Waals surface area contributed by atoms with Crippen LogP contribution in [0.25, 0.3) is 33.4 Å². The molecule has 9 fully saturated rings. The van der Waals surface area contributed by atoms with E-state index in [1.165, 1.54) is 29.2 Å². The number of likely N-dealkylation sites (tertiary alicyclic amines) is 1. The van der Waals surface area contributed by atoms with Gasteiger partial charge in [0.2, 0.25) is 0 Å². The van der Waals surface area contributed by atoms with Crippen LogP contribution in [0, 0.1) is 11.3 Å². The molecule has 5 atom stereocenters. The zero-order valence-electron chi connectivity index (χ0n) is 46.4. The summed E-state index contributed by atoms with van der Waals surface area (Å²) < 4.78 is 59.4. The second-order valence-electron chi connectivity index (χ2n) is 25.0. The van der Waals surface area contributed by atoms with E-state index in [9.17, 15) is 18.0 Å². The summed E-state index contributed by atoms with van der Waals surface area (Å²) >= 11 is 1.40. The molecule has 4 aromatic rings. The molecule has 79 heavy (non-hydrogen) atoms. The number of carbonyl (C=O) groups is 3. The summed E-state index contributed by atoms with van der Waals surface area (Å²) in [5.41, 5.74) is 9.10. The van der Waals surface area contributed by atoms with E-state index >= 15 is 4.79 Å². The molecule has 21 heteroatoms. The average Bonchev–Trinajstić information content (AvgIpc) is 3.99. The smallest absolute Gasteiger partial charge is 0.324 e. The summed E-state index contributed by atoms with van der Waals surface area (Å²) in [7, 11) is -1.62. The number of aromatic nitrogens is 3. The number of anilines is 1. The number of benzene rings is 1. The highest BCUT2D eigenvalue weighted by Crippen LogP contribution is 2.53. The molecule has 8 aliphatic heterocycles. The molecule has 2 N–H and O–H groups in total. The molecule has 19 nitrogen and oxygen atoms in total. The van der Waals surface area contributed by atoms with Crippen LogP contribution in [0.4, 0.5) is 5.69 Å². The van der Waals surface area contributed by atoms with E-state index < -0.39 is 55.6 Å². The topological polar surface area (TPSA) is 199 Å². The minimum Gasteiger partial charge on any atom is -0.464 e. The van der Waals surface area contributed by atoms with Gasteiger partial charge in [0, 0.05) is 112 Å². The van der Waals surface area contributed by atoms with E-state index in [2.05, 4.69) is 63.2 Å². The lowest BCUT2D eigenvalue weighted by Gasteiger charge is -2.57. The highest BCUT2D eigenvalue weighted by atomic mass is 32.2. The minimum absolute atomic E-state index is 0.0875. The number of piperazine rings is 1. The van der Waals surface area contributed by atoms with Crippen LogP contribution in [0.3, 0.4) is 0 Å². The zero-order valence-corrected chi connectivity index (χ0v) is 48.0. The summed E-state index contributed by atoms with van der Waals surface area (Å²) in [4.78, 5) is 62.2. The highest BCUT2D eigenvalue weighted by molar-refractivity contribution is 7.94. The van der Waals surface area contributed by atoms with Gasteiger partial charge in [0.15, 0.2) is 9.84 Å². The molecule has 2 amide bonds. The molecule has 2 aliphatic carbocycles. The Labute approximate surface area is 467 Å². The number of rotatable bonds is 12. The third-order valence-corrected chi connectivity index (χ3v) is 22.6. The first-order chi connectivity index (χ1) is 38.0. The Morgan fingerprint density at radius 2 is 1.80 bits per heavy atom. The van der Waals surface area contributed by atoms with Gasteiger partial charge in [-0.05, 0) is 108 Å². The van der Waals surface area contributed by atoms with Gasteiger partial charge in [-0.1, -0.05) is 19.9 Å². The number of ether oxygens (including phenoxy) is 5. The average molecular weight is 1120 g/mol. The van der Waals surface area contributed by atoms with Crippen molar-refractivity contribution in [1.29, 1.82) is 0 Å². The molecule has 14 rings (SSSR count). The summed E-state index contributed by atoms with van der Waals surface area (Å²) in [6.07, 6.45) is 9.06. The van der Waals surface area contributed by atoms with E-state index in [4.69, 9.17) is 33.7 Å². The molecule has 426 valence electrons. The van der Waals surface area contributed by atoms with E-state index in [-0.39, 0.29) is 62.1 Å². The van der Waals surface area contributed by atoms with Crippen LogP contribution in [0.5, 0.6) is 0 Å². The van der Waals surface area contributed by atoms with Gasteiger partial charge in [0.25, 0.3) is 11.8 Å². The lowest BCUT2D eigenvalue weighted by atomic mass is 9.72. The third-order valence-electron chi connectivity index (χ3n) is 19.1. The number of pyridine rings is 1. The highest BCUT2D eigenvalue weighted by Gasteiger charge is 2.64. The summed E-state index contributed by atoms with van der Waals surface area (Å²) in [5.74, 6) is -0.886. The maximum atomic E-state index is 15.4. The number of hydrogen-bond acceptors (Lipinski definition) is 17. The molecule has 11 heterocycles. The van der Waals surface area contributed by atoms with Crippen LogP contribution in [-0.4, -0.2) is 181 Å². The van der Waals surface area contributed by atoms with Crippen molar-refractivity contribution in [1.82, 2.24) is 40.1 Å². The SMILES string of the molecule is CO[C@@H](C)c1ncc(N2CCN(C3CC3)CC2)cc1-c1c2c3cc(ccc3n1CCOC1CCOCC1)-c1csc(n1)[C@@H](N1CC3(CCS3(=O)=O)C1)[C@H](NC(=O)C13CC(C1)[C@@H](C)O3)C(=O)N1CCC[C@H](N1)C(=O)OCC(C)(C)C2. The van der Waals surface area contributed by atoms with E-state index in [1.807, 2.05) is 30.3 Å². The second-order valence-corrected chi connectivity index (χ2v) is 28.4. The first-order valence-corrected chi connectivity index (χ1v) is 31.6. The number of carbonyl (C=O) groups excluding carboxylic acids is 3. The Balaban J connectivity index is 0.955. The van der Waals surface area contributed by atoms with E-state index in [0.29, 0.717) is 81.6 Å². The largest absolute Gasteiger partial charge is 0.464 e. The minimum atomic E-state index is -3.34. The molecule has 0 unspecified atom stereocenters. The standard InChI is InChI=1S/C58H77N9O10S2/c1-35-38-27-58(28-38,77-35)55(70)61-49-51(65-32-57(33-65)14-24-79(57,71)72)52-60-46(31-78-52)37-8-11-47-42(25-37)44(29-56(3,4)34-76-54(69)45-7-6-15-67(62-45)53(49)68)50(66(47)20-23-75-41-12-21-74-22-13-41)43-26-40(30-59-48(43)36(2)73-5)64-18-16-63(17-19-64)39-9-10-39/h8,11,25-26,30-31,35-36,38-39,41,45,49,51,62H,6-7,9-10,12-24,27-29,32-34H2,1-5H3,(H,61,70)/t35-,36+,38?,45+,49+,51+,58?/m1/s1. The Hall–Kier alpha value is -4.58. The van der Waals surface area contributed by atoms with Crippen LogP contribution in [0.1, 0.15) is 114 Å². The number of esters is 1. The van der Waals surface area contributed by atoms with Crippen LogP contribution < -0.4 is 15.6 Å². The molecule has 8 bridgehead atoms. The fourth-order valence-electron chi connectivity index (χ4n) is 14.0. The van der Waals surface area contributed by atoms with E-state index in [1.54, 1.807) is 7.11 Å². The lowest BCUT2D eigenvalue weighted by molar-refractivity contribution is -0.158. The normalized spacial score (nSPS) is 30.3. The summed E-state index contributed by atoms with van der Waals surface area (Å²) in [6, 6.07) is 6.63. The summed E-state index contributed by atoms with van der Waals surface area (Å²) in [6.45, 7) is 15.3. The number of nitrogens with one attached hydrogen (secondary N) is 2. The zero-order chi connectivity index (χ0) is 54.6. The van der Waals surface area contributed by atoms with Crippen molar-refractivity contribution in [3.63, 3.8) is 0 Å². The molecule has 10 aliphatic rings. The Kier molecular flexibility index (Phi) is 14.1. The molecule has 3 aromatic heterocycles. The number of amides is 2. The predicted molar refractivity (Wildman–Crippen MR) is 298 cm³/mol. The van der Waals surface area contributed by atoms with Gasteiger partial charge in [-0.2, -0.15) is 0 Å². The lowest BCUT2D eigenvalue weighted by Crippen LogP contribution is -2.74. The van der Waals surface area contributed by atoms with Crippen molar-refractivity contribution >= 4 is 55.5 Å². The first kappa shape index (κ1) is 53.7. The van der Waals surface area contributed by atoms with Crippen molar-refractivity contribution in [2.24, 2.45) is 11.3 Å². The number of thiazole rings is 1. The van der Waals surface area contributed by atoms with E-state index in [0.717, 1.165) is 83.7 Å². The van der Waals surface area contributed by atoms with Gasteiger partial charge in [-0.3, -0.25) is 34.2 Å². The van der Waals surface area contributed by atoms with Crippen molar-refractivity contribution in [3.8, 4) is 22.5 Å². The van der Waals surface area contributed by atoms with Gasteiger partial charge >= 0.3 is 5.97 Å². The Morgan fingerprint density at radius 1 is 1.01 bits per heavy atom. The van der Waals surface area contributed by atoms with Gasteiger partial charge in [0.1, 0.15) is 22.7 Å². The molecule has 2 saturated carbocycles. The fourth-order valence-corrected chi connectivity index (χ4v) is 16.8. The van der Waals surface area contributed by atoms with Crippen molar-refractivity contribution < 1.29 is 46.5 Å². The Morgan fingerprint density at radius 3 is 2.49 bits per heavy atom. The van der Waals surface area contributed by atoms with Crippen LogP contribution in [0.2, 0.25) is 0 Å². The quantitative estimate of drug-likeness (QED) is 0.166. The number of hydrazine groups is 1. The van der Waals surface area contributed by atoms with Gasteiger partial charge in [-0.15, -0.1) is 11.3 Å². The molecule has 7 saturated heterocycles. The predicted octanol–water partition coefficient (Wildman–Crippen LogP) is 5.60. The number of methoxy groups -OCH3 is 1. The van der Waals surface area contributed by atoms with Crippen LogP contribution in [-0.2, 0) is 60.9 Å². The molecule has 1 spiro atoms. The second kappa shape index (κ2) is 20.7. The van der Waals surface area contributed by atoms with Gasteiger partial charge in [-0.25, -0.2) is 18.8 Å². The van der Waals surface area contributed by atoms with Crippen molar-refractivity contribution in [2.45, 2.75) is 151 Å². The number of cyclic esters (lactones) is 1. The molecule has 1 aromatic carbocycles. The van der Waals surface area contributed by atoms with Crippen LogP contribution >= 0.6 is 11.3 Å². The number of sulfone groups is 1. The number of nitrogens with zero attached hydrogens (tertiary/aromatic N) is 7. The van der Waals surface area contributed by atoms with Crippen molar-refractivity contribution in [3.05, 3.63) is 52.1 Å². The molecular weight excluding hydrogens is 1050 g/mol. The van der Waals surface area contributed by atoms with Crippen LogP contribution in [0.15, 0.2) is 35.8 Å². The number of fused-ring (bicyclic) bond motifs is 7. The van der Waals surface area contributed by atoms with Gasteiger partial charge < -0.3 is 38.5 Å². The van der Waals surface area contributed by atoms with Crippen molar-refractivity contribution in [2.75, 3.05) is 90.0 Å².